The fourth-order valence-corrected chi connectivity index (χ4v) is 5.60. The van der Waals surface area contributed by atoms with Crippen molar-refractivity contribution < 1.29 is 39.5 Å². The van der Waals surface area contributed by atoms with E-state index < -0.39 is 48.9 Å². The number of fused-ring (bicyclic) bond motifs is 1. The highest BCUT2D eigenvalue weighted by atomic mass is 16.6. The standard InChI is InChI=1S/C30H42O8/c1-5-25(37-26-12-17(2)6-7-19(26)4)30(36)38-27-15-22(32)13-20-9-8-18(3)24(29(20)27)11-10-21(31)14-23(33)16-28(34)35/h6-9,12-13,18,21-25,27,29,31-33H,5,10-11,14-16H2,1-4H3,(H,34,35)/t18-,21+,22+,23+,24-,25?,27-,29-/m0/s1. The van der Waals surface area contributed by atoms with Gasteiger partial charge < -0.3 is 29.9 Å². The molecule has 0 aromatic heterocycles. The summed E-state index contributed by atoms with van der Waals surface area (Å²) in [6, 6.07) is 5.84. The molecule has 0 saturated carbocycles. The Labute approximate surface area is 225 Å². The van der Waals surface area contributed by atoms with Crippen LogP contribution >= 0.6 is 0 Å². The number of aliphatic hydroxyl groups excluding tert-OH is 3. The number of carbonyl (C=O) groups excluding carboxylic acids is 1. The van der Waals surface area contributed by atoms with Crippen LogP contribution in [0.2, 0.25) is 0 Å². The second-order valence-corrected chi connectivity index (χ2v) is 10.9. The fourth-order valence-electron chi connectivity index (χ4n) is 5.60. The molecule has 1 unspecified atom stereocenters. The van der Waals surface area contributed by atoms with Crippen molar-refractivity contribution in [2.45, 2.75) is 96.7 Å². The lowest BCUT2D eigenvalue weighted by molar-refractivity contribution is -0.163. The Balaban J connectivity index is 1.72. The van der Waals surface area contributed by atoms with Crippen LogP contribution in [0.15, 0.2) is 42.0 Å². The Morgan fingerprint density at radius 1 is 1.16 bits per heavy atom. The number of esters is 1. The molecule has 0 fully saturated rings. The van der Waals surface area contributed by atoms with E-state index in [0.29, 0.717) is 25.0 Å². The van der Waals surface area contributed by atoms with Crippen LogP contribution in [-0.4, -0.2) is 62.9 Å². The minimum atomic E-state index is -1.11. The lowest BCUT2D eigenvalue weighted by Crippen LogP contribution is -2.44. The van der Waals surface area contributed by atoms with Gasteiger partial charge in [0.15, 0.2) is 6.10 Å². The zero-order chi connectivity index (χ0) is 28.0. The van der Waals surface area contributed by atoms with Crippen LogP contribution < -0.4 is 4.74 Å². The van der Waals surface area contributed by atoms with Gasteiger partial charge in [-0.2, -0.15) is 0 Å². The molecule has 1 aromatic carbocycles. The maximum Gasteiger partial charge on any atom is 0.347 e. The minimum absolute atomic E-state index is 0.0123. The first-order valence-electron chi connectivity index (χ1n) is 13.6. The predicted octanol–water partition coefficient (Wildman–Crippen LogP) is 3.87. The van der Waals surface area contributed by atoms with Crippen molar-refractivity contribution in [1.29, 1.82) is 0 Å². The molecule has 8 heteroatoms. The maximum atomic E-state index is 13.3. The third-order valence-electron chi connectivity index (χ3n) is 7.67. The highest BCUT2D eigenvalue weighted by Gasteiger charge is 2.42. The molecule has 0 radical (unpaired) electrons. The average Bonchev–Trinajstić information content (AvgIpc) is 2.83. The van der Waals surface area contributed by atoms with E-state index in [0.717, 1.165) is 16.7 Å². The molecular formula is C30H42O8. The summed E-state index contributed by atoms with van der Waals surface area (Å²) >= 11 is 0. The van der Waals surface area contributed by atoms with Crippen molar-refractivity contribution >= 4 is 11.9 Å². The van der Waals surface area contributed by atoms with Gasteiger partial charge in [-0.1, -0.05) is 44.2 Å². The molecule has 4 N–H and O–H groups in total. The first kappa shape index (κ1) is 29.9. The molecule has 0 aliphatic heterocycles. The third-order valence-corrected chi connectivity index (χ3v) is 7.67. The molecule has 0 amide bonds. The van der Waals surface area contributed by atoms with E-state index >= 15 is 0 Å². The fraction of sp³-hybridized carbons (Fsp3) is 0.600. The van der Waals surface area contributed by atoms with Gasteiger partial charge in [0.2, 0.25) is 0 Å². The SMILES string of the molecule is CCC(Oc1cc(C)ccc1C)C(=O)O[C@H]1C[C@H](O)C=C2C=C[C@H](C)[C@H](CC[C@@H](O)C[C@@H](O)CC(=O)O)[C@H]21. The van der Waals surface area contributed by atoms with Crippen molar-refractivity contribution in [3.05, 3.63) is 53.1 Å². The zero-order valence-electron chi connectivity index (χ0n) is 22.7. The zero-order valence-corrected chi connectivity index (χ0v) is 22.7. The van der Waals surface area contributed by atoms with Crippen LogP contribution in [0.4, 0.5) is 0 Å². The van der Waals surface area contributed by atoms with Crippen LogP contribution in [0, 0.1) is 31.6 Å². The van der Waals surface area contributed by atoms with Crippen LogP contribution in [0.5, 0.6) is 5.75 Å². The van der Waals surface area contributed by atoms with E-state index in [9.17, 15) is 24.9 Å². The van der Waals surface area contributed by atoms with E-state index in [4.69, 9.17) is 14.6 Å². The summed E-state index contributed by atoms with van der Waals surface area (Å²) in [5.74, 6) is -0.922. The molecule has 0 heterocycles. The number of aryl methyl sites for hydroxylation is 2. The summed E-state index contributed by atoms with van der Waals surface area (Å²) < 4.78 is 12.1. The molecule has 0 spiro atoms. The predicted molar refractivity (Wildman–Crippen MR) is 143 cm³/mol. The number of allylic oxidation sites excluding steroid dienone is 2. The molecule has 210 valence electrons. The van der Waals surface area contributed by atoms with E-state index in [1.807, 2.05) is 45.0 Å². The summed E-state index contributed by atoms with van der Waals surface area (Å²) in [6.07, 6.45) is 3.07. The van der Waals surface area contributed by atoms with E-state index in [2.05, 4.69) is 13.0 Å². The molecule has 1 aromatic rings. The van der Waals surface area contributed by atoms with Crippen molar-refractivity contribution in [3.8, 4) is 5.75 Å². The highest BCUT2D eigenvalue weighted by Crippen LogP contribution is 2.44. The van der Waals surface area contributed by atoms with Gasteiger partial charge in [0.05, 0.1) is 24.7 Å². The van der Waals surface area contributed by atoms with Crippen molar-refractivity contribution in [2.75, 3.05) is 0 Å². The number of hydrogen-bond acceptors (Lipinski definition) is 7. The Morgan fingerprint density at radius 3 is 2.58 bits per heavy atom. The number of hydrogen-bond donors (Lipinski definition) is 4. The number of aliphatic hydroxyl groups is 3. The van der Waals surface area contributed by atoms with Gasteiger partial charge >= 0.3 is 11.9 Å². The van der Waals surface area contributed by atoms with Gasteiger partial charge in [0.25, 0.3) is 0 Å². The van der Waals surface area contributed by atoms with Crippen molar-refractivity contribution in [1.82, 2.24) is 0 Å². The maximum absolute atomic E-state index is 13.3. The number of carbonyl (C=O) groups is 2. The van der Waals surface area contributed by atoms with Gasteiger partial charge in [0.1, 0.15) is 11.9 Å². The molecule has 0 bridgehead atoms. The van der Waals surface area contributed by atoms with Crippen molar-refractivity contribution in [3.63, 3.8) is 0 Å². The smallest absolute Gasteiger partial charge is 0.347 e. The van der Waals surface area contributed by atoms with Gasteiger partial charge in [-0.3, -0.25) is 4.79 Å². The van der Waals surface area contributed by atoms with Gasteiger partial charge in [-0.05, 0) is 74.1 Å². The summed E-state index contributed by atoms with van der Waals surface area (Å²) in [6.45, 7) is 7.83. The second kappa shape index (κ2) is 13.4. The third kappa shape index (κ3) is 7.91. The van der Waals surface area contributed by atoms with Crippen LogP contribution in [0.25, 0.3) is 0 Å². The molecule has 38 heavy (non-hydrogen) atoms. The average molecular weight is 531 g/mol. The number of carboxylic acids is 1. The van der Waals surface area contributed by atoms with Crippen LogP contribution in [-0.2, 0) is 14.3 Å². The molecule has 0 saturated heterocycles. The Bertz CT molecular complexity index is 1030. The van der Waals surface area contributed by atoms with Crippen LogP contribution in [0.1, 0.15) is 63.5 Å². The second-order valence-electron chi connectivity index (χ2n) is 10.9. The van der Waals surface area contributed by atoms with E-state index in [1.165, 1.54) is 0 Å². The van der Waals surface area contributed by atoms with Crippen molar-refractivity contribution in [2.24, 2.45) is 17.8 Å². The summed E-state index contributed by atoms with van der Waals surface area (Å²) in [7, 11) is 0. The number of benzene rings is 1. The van der Waals surface area contributed by atoms with Crippen LogP contribution in [0.3, 0.4) is 0 Å². The minimum Gasteiger partial charge on any atom is -0.481 e. The summed E-state index contributed by atoms with van der Waals surface area (Å²) in [4.78, 5) is 24.1. The quantitative estimate of drug-likeness (QED) is 0.299. The summed E-state index contributed by atoms with van der Waals surface area (Å²) in [5, 5.41) is 39.7. The number of ether oxygens (including phenoxy) is 2. The normalized spacial score (nSPS) is 27.0. The highest BCUT2D eigenvalue weighted by molar-refractivity contribution is 5.75. The number of carboxylic acid groups (broad SMARTS) is 1. The first-order valence-corrected chi connectivity index (χ1v) is 13.6. The number of aliphatic carboxylic acids is 1. The van der Waals surface area contributed by atoms with Gasteiger partial charge in [0, 0.05) is 12.3 Å². The molecule has 8 atom stereocenters. The monoisotopic (exact) mass is 530 g/mol. The van der Waals surface area contributed by atoms with E-state index in [-0.39, 0.29) is 30.6 Å². The van der Waals surface area contributed by atoms with E-state index in [1.54, 1.807) is 6.08 Å². The Hall–Kier alpha value is -2.68. The molecule has 8 nitrogen and oxygen atoms in total. The molecular weight excluding hydrogens is 488 g/mol. The van der Waals surface area contributed by atoms with Gasteiger partial charge in [-0.25, -0.2) is 4.79 Å². The molecule has 2 aliphatic carbocycles. The topological polar surface area (TPSA) is 134 Å². The van der Waals surface area contributed by atoms with Gasteiger partial charge in [-0.15, -0.1) is 0 Å². The first-order chi connectivity index (χ1) is 18.0. The molecule has 3 rings (SSSR count). The Morgan fingerprint density at radius 2 is 1.89 bits per heavy atom. The number of rotatable bonds is 12. The Kier molecular flexibility index (Phi) is 10.5. The molecule has 2 aliphatic rings. The lowest BCUT2D eigenvalue weighted by atomic mass is 9.66. The largest absolute Gasteiger partial charge is 0.481 e. The summed E-state index contributed by atoms with van der Waals surface area (Å²) in [5.41, 5.74) is 2.87. The lowest BCUT2D eigenvalue weighted by Gasteiger charge is -2.43.